The van der Waals surface area contributed by atoms with Crippen LogP contribution in [0.3, 0.4) is 0 Å². The van der Waals surface area contributed by atoms with Crippen LogP contribution in [0, 0.1) is 6.92 Å². The summed E-state index contributed by atoms with van der Waals surface area (Å²) in [6, 6.07) is 6.36. The van der Waals surface area contributed by atoms with E-state index in [1.165, 1.54) is 11.3 Å². The van der Waals surface area contributed by atoms with Gasteiger partial charge in [0.2, 0.25) is 0 Å². The van der Waals surface area contributed by atoms with Gasteiger partial charge in [-0.15, -0.1) is 0 Å². The van der Waals surface area contributed by atoms with Gasteiger partial charge in [-0.05, 0) is 37.6 Å². The summed E-state index contributed by atoms with van der Waals surface area (Å²) >= 11 is 3.47. The van der Waals surface area contributed by atoms with Gasteiger partial charge < -0.3 is 4.90 Å². The molecule has 1 aromatic carbocycles. The maximum Gasteiger partial charge on any atom is 0.100 e. The Bertz CT molecular complexity index is 385. The van der Waals surface area contributed by atoms with Gasteiger partial charge in [-0.3, -0.25) is 4.99 Å². The summed E-state index contributed by atoms with van der Waals surface area (Å²) in [6.45, 7) is 6.12. The molecular formula is C11H13BrN2. The molecule has 2 nitrogen and oxygen atoms in total. The average molecular weight is 253 g/mol. The molecule has 1 aromatic rings. The van der Waals surface area contributed by atoms with E-state index in [0.717, 1.165) is 23.4 Å². The van der Waals surface area contributed by atoms with Crippen LogP contribution in [0.15, 0.2) is 27.7 Å². The molecule has 0 spiro atoms. The van der Waals surface area contributed by atoms with Gasteiger partial charge in [-0.2, -0.15) is 0 Å². The summed E-state index contributed by atoms with van der Waals surface area (Å²) in [5, 5.41) is 0. The number of hydrogen-bond acceptors (Lipinski definition) is 2. The molecule has 1 aliphatic rings. The molecule has 0 aliphatic carbocycles. The van der Waals surface area contributed by atoms with Crippen molar-refractivity contribution >= 4 is 27.5 Å². The second-order valence-corrected chi connectivity index (χ2v) is 4.43. The second kappa shape index (κ2) is 3.73. The van der Waals surface area contributed by atoms with Crippen molar-refractivity contribution in [3.05, 3.63) is 28.2 Å². The molecule has 0 radical (unpaired) electrons. The Morgan fingerprint density at radius 3 is 2.71 bits per heavy atom. The number of hydrogen-bond donors (Lipinski definition) is 0. The highest BCUT2D eigenvalue weighted by atomic mass is 79.9. The lowest BCUT2D eigenvalue weighted by Gasteiger charge is -2.20. The van der Waals surface area contributed by atoms with Crippen LogP contribution < -0.4 is 4.90 Å². The van der Waals surface area contributed by atoms with Crippen molar-refractivity contribution in [2.24, 2.45) is 4.99 Å². The maximum absolute atomic E-state index is 4.39. The van der Waals surface area contributed by atoms with E-state index in [-0.39, 0.29) is 0 Å². The predicted octanol–water partition coefficient (Wildman–Crippen LogP) is 3.00. The molecule has 74 valence electrons. The van der Waals surface area contributed by atoms with Crippen LogP contribution in [-0.2, 0) is 0 Å². The first kappa shape index (κ1) is 9.71. The van der Waals surface area contributed by atoms with Crippen molar-refractivity contribution in [2.75, 3.05) is 18.0 Å². The topological polar surface area (TPSA) is 15.6 Å². The van der Waals surface area contributed by atoms with Crippen molar-refractivity contribution in [1.29, 1.82) is 0 Å². The molecule has 0 fully saturated rings. The van der Waals surface area contributed by atoms with E-state index >= 15 is 0 Å². The van der Waals surface area contributed by atoms with Gasteiger partial charge in [-0.25, -0.2) is 0 Å². The van der Waals surface area contributed by atoms with Crippen molar-refractivity contribution in [3.63, 3.8) is 0 Å². The van der Waals surface area contributed by atoms with Crippen LogP contribution in [-0.4, -0.2) is 18.9 Å². The molecular weight excluding hydrogens is 240 g/mol. The summed E-state index contributed by atoms with van der Waals surface area (Å²) in [7, 11) is 0. The van der Waals surface area contributed by atoms with Gasteiger partial charge in [0, 0.05) is 16.7 Å². The van der Waals surface area contributed by atoms with Gasteiger partial charge in [-0.1, -0.05) is 15.9 Å². The smallest absolute Gasteiger partial charge is 0.100 e. The van der Waals surface area contributed by atoms with Crippen LogP contribution in [0.1, 0.15) is 12.5 Å². The van der Waals surface area contributed by atoms with Crippen LogP contribution in [0.4, 0.5) is 5.69 Å². The fourth-order valence-corrected chi connectivity index (χ4v) is 2.25. The minimum Gasteiger partial charge on any atom is -0.328 e. The number of aryl methyl sites for hydroxylation is 1. The number of nitrogens with zero attached hydrogens (tertiary/aromatic N) is 2. The SMILES string of the molecule is CC1=NCCN1c1ccc(Br)cc1C. The zero-order valence-electron chi connectivity index (χ0n) is 8.42. The molecule has 0 unspecified atom stereocenters. The second-order valence-electron chi connectivity index (χ2n) is 3.51. The summed E-state index contributed by atoms with van der Waals surface area (Å²) in [4.78, 5) is 6.65. The molecule has 1 aliphatic heterocycles. The fourth-order valence-electron chi connectivity index (χ4n) is 1.78. The van der Waals surface area contributed by atoms with E-state index in [1.807, 2.05) is 0 Å². The fraction of sp³-hybridized carbons (Fsp3) is 0.364. The summed E-state index contributed by atoms with van der Waals surface area (Å²) in [5.41, 5.74) is 2.56. The number of anilines is 1. The standard InChI is InChI=1S/C11H13BrN2/c1-8-7-10(12)3-4-11(8)14-6-5-13-9(14)2/h3-4,7H,5-6H2,1-2H3. The number of halogens is 1. The number of rotatable bonds is 1. The number of aliphatic imine (C=N–C) groups is 1. The molecule has 1 heterocycles. The molecule has 0 amide bonds. The first-order valence-corrected chi connectivity index (χ1v) is 5.52. The van der Waals surface area contributed by atoms with E-state index in [2.05, 4.69) is 57.9 Å². The Labute approximate surface area is 92.8 Å². The van der Waals surface area contributed by atoms with Gasteiger partial charge in [0.1, 0.15) is 5.84 Å². The molecule has 0 saturated carbocycles. The van der Waals surface area contributed by atoms with Crippen LogP contribution >= 0.6 is 15.9 Å². The molecule has 0 N–H and O–H groups in total. The summed E-state index contributed by atoms with van der Waals surface area (Å²) < 4.78 is 1.13. The number of amidine groups is 1. The van der Waals surface area contributed by atoms with Crippen molar-refractivity contribution in [2.45, 2.75) is 13.8 Å². The van der Waals surface area contributed by atoms with Crippen LogP contribution in [0.5, 0.6) is 0 Å². The molecule has 14 heavy (non-hydrogen) atoms. The summed E-state index contributed by atoms with van der Waals surface area (Å²) in [5.74, 6) is 1.12. The van der Waals surface area contributed by atoms with Crippen molar-refractivity contribution in [3.8, 4) is 0 Å². The highest BCUT2D eigenvalue weighted by molar-refractivity contribution is 9.10. The molecule has 0 bridgehead atoms. The van der Waals surface area contributed by atoms with E-state index < -0.39 is 0 Å². The lowest BCUT2D eigenvalue weighted by Crippen LogP contribution is -2.25. The van der Waals surface area contributed by atoms with E-state index in [0.29, 0.717) is 0 Å². The normalized spacial score (nSPS) is 15.9. The molecule has 3 heteroatoms. The highest BCUT2D eigenvalue weighted by Crippen LogP contribution is 2.25. The summed E-state index contributed by atoms with van der Waals surface area (Å²) in [6.07, 6.45) is 0. The quantitative estimate of drug-likeness (QED) is 0.751. The van der Waals surface area contributed by atoms with Crippen LogP contribution in [0.25, 0.3) is 0 Å². The minimum absolute atomic E-state index is 0.918. The Morgan fingerprint density at radius 1 is 1.36 bits per heavy atom. The third-order valence-electron chi connectivity index (χ3n) is 2.50. The molecule has 0 saturated heterocycles. The minimum atomic E-state index is 0.918. The first-order chi connectivity index (χ1) is 6.68. The Kier molecular flexibility index (Phi) is 2.59. The average Bonchev–Trinajstić information content (AvgIpc) is 2.52. The Morgan fingerprint density at radius 2 is 2.14 bits per heavy atom. The number of benzene rings is 1. The largest absolute Gasteiger partial charge is 0.328 e. The predicted molar refractivity (Wildman–Crippen MR) is 64.2 cm³/mol. The molecule has 0 atom stereocenters. The van der Waals surface area contributed by atoms with E-state index in [4.69, 9.17) is 0 Å². The molecule has 2 rings (SSSR count). The zero-order chi connectivity index (χ0) is 10.1. The van der Waals surface area contributed by atoms with Gasteiger partial charge >= 0.3 is 0 Å². The third-order valence-corrected chi connectivity index (χ3v) is 3.00. The lowest BCUT2D eigenvalue weighted by molar-refractivity contribution is 1.02. The Balaban J connectivity index is 2.37. The van der Waals surface area contributed by atoms with Crippen molar-refractivity contribution < 1.29 is 0 Å². The van der Waals surface area contributed by atoms with Crippen molar-refractivity contribution in [1.82, 2.24) is 0 Å². The third kappa shape index (κ3) is 1.69. The molecule has 0 aromatic heterocycles. The first-order valence-electron chi connectivity index (χ1n) is 4.73. The monoisotopic (exact) mass is 252 g/mol. The van der Waals surface area contributed by atoms with Gasteiger partial charge in [0.25, 0.3) is 0 Å². The van der Waals surface area contributed by atoms with Gasteiger partial charge in [0.05, 0.1) is 6.54 Å². The Hall–Kier alpha value is -0.830. The zero-order valence-corrected chi connectivity index (χ0v) is 10.0. The maximum atomic E-state index is 4.39. The van der Waals surface area contributed by atoms with E-state index in [9.17, 15) is 0 Å². The van der Waals surface area contributed by atoms with Gasteiger partial charge in [0.15, 0.2) is 0 Å². The van der Waals surface area contributed by atoms with Crippen LogP contribution in [0.2, 0.25) is 0 Å². The lowest BCUT2D eigenvalue weighted by atomic mass is 10.2. The van der Waals surface area contributed by atoms with E-state index in [1.54, 1.807) is 0 Å². The highest BCUT2D eigenvalue weighted by Gasteiger charge is 2.15.